The van der Waals surface area contributed by atoms with Gasteiger partial charge in [0.05, 0.1) is 0 Å². The molecule has 84 valence electrons. The van der Waals surface area contributed by atoms with Crippen LogP contribution in [0.15, 0.2) is 0 Å². The van der Waals surface area contributed by atoms with E-state index < -0.39 is 0 Å². The van der Waals surface area contributed by atoms with Gasteiger partial charge in [0, 0.05) is 19.1 Å². The lowest BCUT2D eigenvalue weighted by molar-refractivity contribution is 0.223. The molecule has 1 fully saturated rings. The van der Waals surface area contributed by atoms with Crippen molar-refractivity contribution in [3.63, 3.8) is 0 Å². The molecule has 3 atom stereocenters. The normalized spacial score (nSPS) is 33.6. The molecule has 0 aliphatic heterocycles. The quantitative estimate of drug-likeness (QED) is 0.743. The summed E-state index contributed by atoms with van der Waals surface area (Å²) >= 11 is 0. The largest absolute Gasteiger partial charge is 0.312 e. The van der Waals surface area contributed by atoms with Crippen molar-refractivity contribution in [3.8, 4) is 0 Å². The first-order valence-corrected chi connectivity index (χ1v) is 5.97. The van der Waals surface area contributed by atoms with Crippen LogP contribution < -0.4 is 5.32 Å². The van der Waals surface area contributed by atoms with E-state index in [9.17, 15) is 0 Å². The Labute approximate surface area is 89.1 Å². The average Bonchev–Trinajstić information content (AvgIpc) is 2.10. The third-order valence-electron chi connectivity index (χ3n) is 3.42. The van der Waals surface area contributed by atoms with Gasteiger partial charge in [0.25, 0.3) is 0 Å². The molecule has 0 heterocycles. The minimum Gasteiger partial charge on any atom is -0.312 e. The second kappa shape index (κ2) is 5.72. The van der Waals surface area contributed by atoms with Crippen molar-refractivity contribution in [2.75, 3.05) is 27.2 Å². The summed E-state index contributed by atoms with van der Waals surface area (Å²) in [4.78, 5) is 2.24. The molecule has 0 aromatic rings. The summed E-state index contributed by atoms with van der Waals surface area (Å²) in [6.45, 7) is 7.05. The Kier molecular flexibility index (Phi) is 4.90. The summed E-state index contributed by atoms with van der Waals surface area (Å²) in [5.41, 5.74) is 0. The van der Waals surface area contributed by atoms with Gasteiger partial charge >= 0.3 is 0 Å². The maximum Gasteiger partial charge on any atom is 0.0101 e. The predicted octanol–water partition coefficient (Wildman–Crippen LogP) is 1.96. The third-order valence-corrected chi connectivity index (χ3v) is 3.42. The van der Waals surface area contributed by atoms with Gasteiger partial charge in [0.1, 0.15) is 0 Å². The third kappa shape index (κ3) is 3.97. The Hall–Kier alpha value is -0.0800. The standard InChI is InChI=1S/C12H26N2/c1-10-5-6-11(2)12(9-10)13-7-8-14(3)4/h10-13H,5-9H2,1-4H3. The summed E-state index contributed by atoms with van der Waals surface area (Å²) in [6, 6.07) is 0.763. The number of nitrogens with zero attached hydrogens (tertiary/aromatic N) is 1. The van der Waals surface area contributed by atoms with Crippen molar-refractivity contribution in [2.24, 2.45) is 11.8 Å². The van der Waals surface area contributed by atoms with E-state index in [1.807, 2.05) is 0 Å². The highest BCUT2D eigenvalue weighted by atomic mass is 15.1. The fourth-order valence-electron chi connectivity index (χ4n) is 2.29. The topological polar surface area (TPSA) is 15.3 Å². The van der Waals surface area contributed by atoms with Gasteiger partial charge < -0.3 is 10.2 Å². The van der Waals surface area contributed by atoms with Crippen LogP contribution in [0, 0.1) is 11.8 Å². The molecule has 0 amide bonds. The molecule has 2 heteroatoms. The SMILES string of the molecule is CC1CCC(C)C(NCCN(C)C)C1. The number of hydrogen-bond acceptors (Lipinski definition) is 2. The van der Waals surface area contributed by atoms with Gasteiger partial charge in [-0.2, -0.15) is 0 Å². The number of hydrogen-bond donors (Lipinski definition) is 1. The van der Waals surface area contributed by atoms with Gasteiger partial charge in [-0.05, 0) is 38.8 Å². The van der Waals surface area contributed by atoms with E-state index in [0.29, 0.717) is 0 Å². The first kappa shape index (κ1) is 12.0. The number of rotatable bonds is 4. The zero-order valence-electron chi connectivity index (χ0n) is 10.2. The molecule has 0 aromatic carbocycles. The fourth-order valence-corrected chi connectivity index (χ4v) is 2.29. The summed E-state index contributed by atoms with van der Waals surface area (Å²) in [6.07, 6.45) is 4.20. The highest BCUT2D eigenvalue weighted by Crippen LogP contribution is 2.28. The maximum atomic E-state index is 3.69. The van der Waals surface area contributed by atoms with Crippen molar-refractivity contribution in [1.82, 2.24) is 10.2 Å². The van der Waals surface area contributed by atoms with Crippen molar-refractivity contribution in [3.05, 3.63) is 0 Å². The van der Waals surface area contributed by atoms with Crippen LogP contribution in [0.3, 0.4) is 0 Å². The lowest BCUT2D eigenvalue weighted by atomic mass is 9.80. The van der Waals surface area contributed by atoms with Crippen LogP contribution in [0.25, 0.3) is 0 Å². The van der Waals surface area contributed by atoms with E-state index in [1.165, 1.54) is 19.3 Å². The van der Waals surface area contributed by atoms with E-state index in [4.69, 9.17) is 0 Å². The van der Waals surface area contributed by atoms with Crippen LogP contribution in [0.1, 0.15) is 33.1 Å². The van der Waals surface area contributed by atoms with Gasteiger partial charge in [0.2, 0.25) is 0 Å². The van der Waals surface area contributed by atoms with Gasteiger partial charge in [-0.15, -0.1) is 0 Å². The molecule has 14 heavy (non-hydrogen) atoms. The molecule has 1 aliphatic carbocycles. The molecule has 0 aromatic heterocycles. The lowest BCUT2D eigenvalue weighted by Gasteiger charge is -2.33. The maximum absolute atomic E-state index is 3.69. The molecule has 0 radical (unpaired) electrons. The predicted molar refractivity (Wildman–Crippen MR) is 62.5 cm³/mol. The van der Waals surface area contributed by atoms with E-state index in [2.05, 4.69) is 38.2 Å². The van der Waals surface area contributed by atoms with Gasteiger partial charge in [-0.1, -0.05) is 20.3 Å². The highest BCUT2D eigenvalue weighted by molar-refractivity contribution is 4.81. The Balaban J connectivity index is 2.20. The zero-order chi connectivity index (χ0) is 10.6. The molecule has 1 saturated carbocycles. The number of nitrogens with one attached hydrogen (secondary N) is 1. The molecule has 3 unspecified atom stereocenters. The second-order valence-electron chi connectivity index (χ2n) is 5.26. The highest BCUT2D eigenvalue weighted by Gasteiger charge is 2.24. The summed E-state index contributed by atoms with van der Waals surface area (Å²) < 4.78 is 0. The van der Waals surface area contributed by atoms with E-state index in [-0.39, 0.29) is 0 Å². The second-order valence-corrected chi connectivity index (χ2v) is 5.26. The van der Waals surface area contributed by atoms with Crippen molar-refractivity contribution >= 4 is 0 Å². The van der Waals surface area contributed by atoms with Crippen LogP contribution in [0.5, 0.6) is 0 Å². The van der Waals surface area contributed by atoms with E-state index in [0.717, 1.165) is 31.0 Å². The minimum atomic E-state index is 0.763. The van der Waals surface area contributed by atoms with Crippen LogP contribution in [-0.2, 0) is 0 Å². The molecular weight excluding hydrogens is 172 g/mol. The molecule has 0 spiro atoms. The molecule has 0 bridgehead atoms. The van der Waals surface area contributed by atoms with Crippen LogP contribution in [-0.4, -0.2) is 38.1 Å². The van der Waals surface area contributed by atoms with Gasteiger partial charge in [-0.3, -0.25) is 0 Å². The molecule has 1 aliphatic rings. The van der Waals surface area contributed by atoms with E-state index in [1.54, 1.807) is 0 Å². The van der Waals surface area contributed by atoms with Crippen molar-refractivity contribution < 1.29 is 0 Å². The smallest absolute Gasteiger partial charge is 0.0101 e. The van der Waals surface area contributed by atoms with E-state index >= 15 is 0 Å². The Morgan fingerprint density at radius 3 is 2.57 bits per heavy atom. The summed E-state index contributed by atoms with van der Waals surface area (Å²) in [7, 11) is 4.27. The van der Waals surface area contributed by atoms with Crippen LogP contribution in [0.2, 0.25) is 0 Å². The summed E-state index contributed by atoms with van der Waals surface area (Å²) in [5.74, 6) is 1.79. The first-order valence-electron chi connectivity index (χ1n) is 5.97. The van der Waals surface area contributed by atoms with Crippen LogP contribution >= 0.6 is 0 Å². The first-order chi connectivity index (χ1) is 6.59. The van der Waals surface area contributed by atoms with Crippen molar-refractivity contribution in [2.45, 2.75) is 39.2 Å². The number of likely N-dealkylation sites (N-methyl/N-ethyl adjacent to an activating group) is 1. The minimum absolute atomic E-state index is 0.763. The molecule has 1 rings (SSSR count). The zero-order valence-corrected chi connectivity index (χ0v) is 10.2. The average molecular weight is 198 g/mol. The molecule has 0 saturated heterocycles. The monoisotopic (exact) mass is 198 g/mol. The molecule has 2 nitrogen and oxygen atoms in total. The Morgan fingerprint density at radius 1 is 1.21 bits per heavy atom. The van der Waals surface area contributed by atoms with Gasteiger partial charge in [0.15, 0.2) is 0 Å². The van der Waals surface area contributed by atoms with Crippen molar-refractivity contribution in [1.29, 1.82) is 0 Å². The Bertz CT molecular complexity index is 156. The van der Waals surface area contributed by atoms with Gasteiger partial charge in [-0.25, -0.2) is 0 Å². The van der Waals surface area contributed by atoms with Crippen LogP contribution in [0.4, 0.5) is 0 Å². The fraction of sp³-hybridized carbons (Fsp3) is 1.00. The lowest BCUT2D eigenvalue weighted by Crippen LogP contribution is -2.42. The Morgan fingerprint density at radius 2 is 1.93 bits per heavy atom. The summed E-state index contributed by atoms with van der Waals surface area (Å²) in [5, 5.41) is 3.69. The molecular formula is C12H26N2. The molecule has 1 N–H and O–H groups in total.